The molecule has 1 saturated carbocycles. The van der Waals surface area contributed by atoms with Crippen molar-refractivity contribution in [1.29, 1.82) is 5.26 Å². The first-order valence-corrected chi connectivity index (χ1v) is 52.2. The second-order valence-electron chi connectivity index (χ2n) is 37.4. The van der Waals surface area contributed by atoms with Gasteiger partial charge < -0.3 is 147 Å². The quantitative estimate of drug-likeness (QED) is 0.0102. The van der Waals surface area contributed by atoms with E-state index < -0.39 is 196 Å². The lowest BCUT2D eigenvalue weighted by molar-refractivity contribution is -0.284. The molecule has 0 bridgehead atoms. The maximum absolute atomic E-state index is 14.9. The Labute approximate surface area is 871 Å². The highest BCUT2D eigenvalue weighted by Gasteiger charge is 2.55. The van der Waals surface area contributed by atoms with Crippen molar-refractivity contribution >= 4 is 109 Å². The number of unbranched alkanes of at least 4 members (excludes halogenated alkanes) is 3. The van der Waals surface area contributed by atoms with E-state index in [1.807, 2.05) is 27.7 Å². The van der Waals surface area contributed by atoms with Gasteiger partial charge in [-0.2, -0.15) is 5.26 Å². The Morgan fingerprint density at radius 3 is 1.15 bits per heavy atom. The Balaban J connectivity index is 1.21. The van der Waals surface area contributed by atoms with Crippen LogP contribution in [0.5, 0.6) is 0 Å². The number of ketones is 1. The first-order valence-electron chi connectivity index (χ1n) is 51.1. The Morgan fingerprint density at radius 1 is 0.409 bits per heavy atom. The summed E-state index contributed by atoms with van der Waals surface area (Å²) in [6.45, 7) is 21.6. The highest BCUT2D eigenvalue weighted by Crippen LogP contribution is 2.49. The Bertz CT molecular complexity index is 4200. The minimum Gasteiger partial charge on any atom is -0.463 e. The van der Waals surface area contributed by atoms with Crippen LogP contribution >= 0.6 is 8.53 Å². The molecule has 5 fully saturated rings. The minimum absolute atomic E-state index is 0.00323. The molecule has 0 aromatic carbocycles. The number of amides is 8. The van der Waals surface area contributed by atoms with Crippen LogP contribution in [0.1, 0.15) is 239 Å². The molecule has 20 unspecified atom stereocenters. The fourth-order valence-corrected chi connectivity index (χ4v) is 18.4. The van der Waals surface area contributed by atoms with Gasteiger partial charge >= 0.3 is 47.8 Å². The Kier molecular flexibility index (Phi) is 62.2. The summed E-state index contributed by atoms with van der Waals surface area (Å²) in [4.78, 5) is 216. The molecule has 52 heteroatoms. The van der Waals surface area contributed by atoms with Gasteiger partial charge in [0.1, 0.15) is 67.2 Å². The molecular weight excluding hydrogens is 1990 g/mol. The summed E-state index contributed by atoms with van der Waals surface area (Å²) in [6, 6.07) is -1.10. The zero-order chi connectivity index (χ0) is 110. The first-order chi connectivity index (χ1) is 70.9. The Hall–Kier alpha value is -9.57. The van der Waals surface area contributed by atoms with Gasteiger partial charge in [0.2, 0.25) is 47.3 Å². The topological polar surface area (TPSA) is 655 Å². The molecule has 20 atom stereocenters. The van der Waals surface area contributed by atoms with Gasteiger partial charge in [-0.05, 0) is 138 Å². The molecule has 0 spiro atoms. The van der Waals surface area contributed by atoms with Crippen LogP contribution < -0.4 is 53.2 Å². The van der Waals surface area contributed by atoms with Crippen LogP contribution in [0.4, 0.5) is 0 Å². The standard InChI is InChI=1S/C97H161N12O39P/c1-58(2)109(59(3)4)149(137-47-23-37-98)148-73-32-30-72(31-33-73)92(127)108-97(55-128-48-34-80(124)101-40-24-38-99-78(122)28-18-21-45-132-95-84(106-61(6)111)90(142-70(15)120)87(139-67(12)117)76(146-95)53-135-64(9)114,56-129-49-35-81(125)102-41-25-39-100-79(123)29-19-22-46-133-96-85(107-62(7)112)91(143-71(16)121)88(140-68(13)118)77(147-96)54-136-65(10)115)57-130-50-36-82(126)103-42-26-43-104-93-74(144-93)27-17-20-44-131-94-83(105-51-60(5)110)89(141-69(14)119)86(138-66(11)116)75(145-94)52-134-63(8)113/h58-59,64,72-77,83-91,93-96,104-105,114H,17-36,38-57H2,1-16H3,(H,99,122)(H,100,123)(H,101,124)(H,102,125)(H,103,126)(H,106,111)(H,107,112)(H,108,127). The van der Waals surface area contributed by atoms with E-state index in [1.54, 1.807) is 0 Å². The smallest absolute Gasteiger partial charge is 0.303 e. The third-order valence-corrected chi connectivity index (χ3v) is 25.5. The highest BCUT2D eigenvalue weighted by molar-refractivity contribution is 7.44. The van der Waals surface area contributed by atoms with Crippen molar-refractivity contribution in [1.82, 2.24) is 57.8 Å². The number of nitrogens with zero attached hydrogens (tertiary/aromatic N) is 2. The predicted molar refractivity (Wildman–Crippen MR) is 522 cm³/mol. The van der Waals surface area contributed by atoms with Gasteiger partial charge in [-0.15, -0.1) is 0 Å². The van der Waals surface area contributed by atoms with E-state index in [4.69, 9.17) is 99.0 Å². The zero-order valence-electron chi connectivity index (χ0n) is 88.8. The Morgan fingerprint density at radius 2 is 0.779 bits per heavy atom. The number of hydrogen-bond acceptors (Lipinski definition) is 43. The van der Waals surface area contributed by atoms with Crippen LogP contribution in [0.3, 0.4) is 0 Å². The van der Waals surface area contributed by atoms with Crippen LogP contribution in [0.15, 0.2) is 0 Å². The van der Waals surface area contributed by atoms with Crippen molar-refractivity contribution in [2.24, 2.45) is 5.92 Å². The number of hydrogen-bond donors (Lipinski definition) is 11. The monoisotopic (exact) mass is 2150 g/mol. The average molecular weight is 2150 g/mol. The lowest BCUT2D eigenvalue weighted by Crippen LogP contribution is -2.66. The van der Waals surface area contributed by atoms with E-state index >= 15 is 0 Å². The zero-order valence-corrected chi connectivity index (χ0v) is 89.7. The number of carbonyl (C=O) groups is 17. The van der Waals surface area contributed by atoms with Gasteiger partial charge in [-0.25, -0.2) is 4.67 Å². The predicted octanol–water partition coefficient (Wildman–Crippen LogP) is 1.34. The number of ether oxygens (including phenoxy) is 19. The molecule has 149 heavy (non-hydrogen) atoms. The first kappa shape index (κ1) is 130. The van der Waals surface area contributed by atoms with Gasteiger partial charge in [-0.3, -0.25) is 92.1 Å². The maximum atomic E-state index is 14.9. The highest BCUT2D eigenvalue weighted by atomic mass is 31.2. The molecule has 5 rings (SSSR count). The molecule has 0 aromatic heterocycles. The van der Waals surface area contributed by atoms with Gasteiger partial charge in [0.25, 0.3) is 8.53 Å². The summed E-state index contributed by atoms with van der Waals surface area (Å²) in [7, 11) is -1.59. The molecule has 0 aromatic rings. The average Bonchev–Trinajstić information content (AvgIpc) is 1.76. The summed E-state index contributed by atoms with van der Waals surface area (Å²) >= 11 is 0. The van der Waals surface area contributed by atoms with Crippen LogP contribution in [0.2, 0.25) is 0 Å². The van der Waals surface area contributed by atoms with Crippen molar-refractivity contribution in [3.8, 4) is 6.07 Å². The van der Waals surface area contributed by atoms with Crippen LogP contribution in [-0.2, 0) is 181 Å². The van der Waals surface area contributed by atoms with Gasteiger partial charge in [0.05, 0.1) is 84.1 Å². The molecule has 0 radical (unpaired) electrons. The third-order valence-electron chi connectivity index (χ3n) is 23.3. The van der Waals surface area contributed by atoms with Crippen molar-refractivity contribution in [3.63, 3.8) is 0 Å². The number of aliphatic hydroxyl groups excluding tert-OH is 1. The summed E-state index contributed by atoms with van der Waals surface area (Å²) < 4.78 is 125. The number of esters is 8. The molecule has 1 aliphatic carbocycles. The third kappa shape index (κ3) is 53.0. The van der Waals surface area contributed by atoms with Crippen LogP contribution in [-0.4, -0.2) is 377 Å². The fourth-order valence-electron chi connectivity index (χ4n) is 16.6. The van der Waals surface area contributed by atoms with Crippen LogP contribution in [0, 0.1) is 17.2 Å². The lowest BCUT2D eigenvalue weighted by Gasteiger charge is -2.45. The number of aliphatic hydroxyl groups is 1. The molecule has 4 saturated heterocycles. The van der Waals surface area contributed by atoms with Gasteiger partial charge in [-0.1, -0.05) is 0 Å². The van der Waals surface area contributed by atoms with Gasteiger partial charge in [0, 0.05) is 172 Å². The SMILES string of the molecule is CC(=O)CNC1C(OCCCCC2OC2NCCCNC(=O)CCOCC(COCCC(=O)NCCCNC(=O)CCCCOC2OC(COC(C)=O)C(OC(C)=O)C(OC(C)=O)C2NC(C)=O)(COCCC(=O)NCCCNC(=O)CCCCOC2OC(COC(C)O)C(OC(C)=O)C(OC(C)=O)C2NC(C)=O)NC(=O)C2CCC(OP(OCCC#N)N(C(C)C)C(C)C)CC2)OC(COC(C)=O)C(OC(C)=O)C1OC(C)=O. The number of epoxide rings is 1. The van der Waals surface area contributed by atoms with E-state index in [2.05, 4.69) is 63.9 Å². The molecule has 8 amide bonds. The van der Waals surface area contributed by atoms with E-state index in [9.17, 15) is 91.9 Å². The second kappa shape index (κ2) is 71.3. The van der Waals surface area contributed by atoms with Gasteiger partial charge in [0.15, 0.2) is 61.8 Å². The molecule has 848 valence electrons. The second-order valence-corrected chi connectivity index (χ2v) is 38.8. The van der Waals surface area contributed by atoms with Crippen molar-refractivity contribution in [2.75, 3.05) is 132 Å². The minimum atomic E-state index is -1.59. The normalized spacial score (nSPS) is 24.3. The fraction of sp³-hybridized carbons (Fsp3) is 0.814. The lowest BCUT2D eigenvalue weighted by atomic mass is 9.86. The summed E-state index contributed by atoms with van der Waals surface area (Å²) in [5.41, 5.74) is -1.51. The number of rotatable bonds is 74. The number of carbonyl (C=O) groups excluding carboxylic acids is 17. The summed E-state index contributed by atoms with van der Waals surface area (Å²) in [6.07, 6.45) is -10.6. The molecule has 4 heterocycles. The van der Waals surface area contributed by atoms with Crippen molar-refractivity contribution in [3.05, 3.63) is 0 Å². The van der Waals surface area contributed by atoms with E-state index in [0.29, 0.717) is 96.4 Å². The molecule has 4 aliphatic heterocycles. The number of nitrogens with one attached hydrogen (secondary N) is 10. The molecule has 11 N–H and O–H groups in total. The molecule has 5 aliphatic rings. The molecule has 51 nitrogen and oxygen atoms in total. The summed E-state index contributed by atoms with van der Waals surface area (Å²) in [5, 5.41) is 48.3. The van der Waals surface area contributed by atoms with E-state index in [-0.39, 0.29) is 217 Å². The number of Topliss-reactive ketones (excluding diaryl/α,β-unsaturated/α-hetero) is 1. The van der Waals surface area contributed by atoms with E-state index in [1.165, 1.54) is 41.5 Å². The number of nitriles is 1. The van der Waals surface area contributed by atoms with E-state index in [0.717, 1.165) is 41.5 Å². The van der Waals surface area contributed by atoms with Crippen molar-refractivity contribution in [2.45, 2.75) is 373 Å². The van der Waals surface area contributed by atoms with Crippen molar-refractivity contribution < 1.29 is 186 Å². The summed E-state index contributed by atoms with van der Waals surface area (Å²) in [5.74, 6) is -9.79. The maximum Gasteiger partial charge on any atom is 0.303 e. The largest absolute Gasteiger partial charge is 0.463 e. The molecular formula is C97H161N12O39P. The van der Waals surface area contributed by atoms with Crippen LogP contribution in [0.25, 0.3) is 0 Å².